The van der Waals surface area contributed by atoms with Gasteiger partial charge in [-0.3, -0.25) is 0 Å². The van der Waals surface area contributed by atoms with Crippen LogP contribution in [0.5, 0.6) is 5.88 Å². The van der Waals surface area contributed by atoms with E-state index in [0.717, 1.165) is 61.8 Å². The summed E-state index contributed by atoms with van der Waals surface area (Å²) in [5.41, 5.74) is 5.36. The number of pyridine rings is 1. The molecule has 4 heterocycles. The number of imidazole rings is 1. The van der Waals surface area contributed by atoms with Gasteiger partial charge in [0.15, 0.2) is 17.5 Å². The highest BCUT2D eigenvalue weighted by molar-refractivity contribution is 6.09. The number of hydrogen-bond acceptors (Lipinski definition) is 7. The van der Waals surface area contributed by atoms with Crippen LogP contribution < -0.4 is 15.0 Å². The van der Waals surface area contributed by atoms with Crippen molar-refractivity contribution in [3.05, 3.63) is 82.9 Å². The number of allylic oxidation sites excluding steroid dienone is 3. The fraction of sp³-hybridized carbons (Fsp3) is 0.424. The monoisotopic (exact) mass is 586 g/mol. The number of aromatic nitrogens is 3. The Hall–Kier alpha value is -4.05. The fourth-order valence-corrected chi connectivity index (χ4v) is 6.66. The van der Waals surface area contributed by atoms with E-state index in [1.165, 1.54) is 11.1 Å². The number of hydrogen-bond donors (Lipinski definition) is 2. The number of anilines is 1. The number of nitrogens with one attached hydrogen (secondary N) is 2. The summed E-state index contributed by atoms with van der Waals surface area (Å²) in [5.74, 6) is -0.125. The number of piperidine rings is 1. The molecule has 1 spiro atoms. The predicted octanol–water partition coefficient (Wildman–Crippen LogP) is 5.58. The second-order valence-electron chi connectivity index (χ2n) is 12.2. The van der Waals surface area contributed by atoms with Gasteiger partial charge in [-0.1, -0.05) is 12.1 Å². The molecule has 2 aliphatic carbocycles. The third-order valence-corrected chi connectivity index (χ3v) is 9.34. The minimum atomic E-state index is -0.833. The zero-order valence-corrected chi connectivity index (χ0v) is 24.5. The Morgan fingerprint density at radius 1 is 1.16 bits per heavy atom. The van der Waals surface area contributed by atoms with Crippen LogP contribution in [0.4, 0.5) is 14.6 Å². The SMILES string of the molecule is CN/C=C1/C=C(COc2nc(N3CCC4(CC3)CC4c3nc4ccc(C)cc4n3CC3CCO3)c(F)cc2F)C=CC1=N. The molecule has 2 unspecified atom stereocenters. The molecule has 2 atom stereocenters. The first-order valence-corrected chi connectivity index (χ1v) is 15.0. The largest absolute Gasteiger partial charge is 0.471 e. The summed E-state index contributed by atoms with van der Waals surface area (Å²) in [7, 11) is 1.76. The van der Waals surface area contributed by atoms with E-state index < -0.39 is 11.6 Å². The highest BCUT2D eigenvalue weighted by Crippen LogP contribution is 2.65. The molecule has 3 fully saturated rings. The lowest BCUT2D eigenvalue weighted by molar-refractivity contribution is -0.0590. The maximum Gasteiger partial charge on any atom is 0.252 e. The Kier molecular flexibility index (Phi) is 7.04. The molecular weight excluding hydrogens is 550 g/mol. The van der Waals surface area contributed by atoms with E-state index in [0.29, 0.717) is 30.3 Å². The van der Waals surface area contributed by atoms with Gasteiger partial charge in [0, 0.05) is 50.5 Å². The molecule has 2 aliphatic heterocycles. The maximum atomic E-state index is 15.0. The van der Waals surface area contributed by atoms with Gasteiger partial charge in [0.1, 0.15) is 12.4 Å². The number of fused-ring (bicyclic) bond motifs is 1. The van der Waals surface area contributed by atoms with Crippen molar-refractivity contribution in [1.29, 1.82) is 5.41 Å². The molecule has 7 rings (SSSR count). The molecular formula is C33H36F2N6O2. The summed E-state index contributed by atoms with van der Waals surface area (Å²) < 4.78 is 43.6. The third-order valence-electron chi connectivity index (χ3n) is 9.34. The molecule has 1 aromatic carbocycles. The number of halogens is 2. The summed E-state index contributed by atoms with van der Waals surface area (Å²) >= 11 is 0. The first kappa shape index (κ1) is 27.8. The minimum Gasteiger partial charge on any atom is -0.471 e. The second-order valence-corrected chi connectivity index (χ2v) is 12.2. The molecule has 2 N–H and O–H groups in total. The van der Waals surface area contributed by atoms with Crippen molar-refractivity contribution >= 4 is 22.6 Å². The van der Waals surface area contributed by atoms with Crippen molar-refractivity contribution in [3.8, 4) is 5.88 Å². The first-order chi connectivity index (χ1) is 20.8. The molecule has 2 aromatic heterocycles. The van der Waals surface area contributed by atoms with Gasteiger partial charge in [0.05, 0.1) is 29.4 Å². The fourth-order valence-electron chi connectivity index (χ4n) is 6.66. The molecule has 4 aliphatic rings. The van der Waals surface area contributed by atoms with Gasteiger partial charge in [-0.05, 0) is 73.4 Å². The molecule has 43 heavy (non-hydrogen) atoms. The normalized spacial score (nSPS) is 23.5. The molecule has 10 heteroatoms. The van der Waals surface area contributed by atoms with Crippen LogP contribution in [0.15, 0.2) is 59.8 Å². The minimum absolute atomic E-state index is 0.0526. The Morgan fingerprint density at radius 2 is 1.98 bits per heavy atom. The molecule has 3 aromatic rings. The van der Waals surface area contributed by atoms with Crippen molar-refractivity contribution < 1.29 is 18.3 Å². The van der Waals surface area contributed by atoms with Gasteiger partial charge in [-0.25, -0.2) is 13.8 Å². The van der Waals surface area contributed by atoms with Crippen molar-refractivity contribution in [2.24, 2.45) is 5.41 Å². The third kappa shape index (κ3) is 5.22. The summed E-state index contributed by atoms with van der Waals surface area (Å²) in [5, 5.41) is 10.9. The average molecular weight is 587 g/mol. The van der Waals surface area contributed by atoms with E-state index in [-0.39, 0.29) is 29.8 Å². The van der Waals surface area contributed by atoms with Crippen molar-refractivity contribution in [1.82, 2.24) is 19.9 Å². The Balaban J connectivity index is 1.05. The smallest absolute Gasteiger partial charge is 0.252 e. The molecule has 2 saturated heterocycles. The van der Waals surface area contributed by atoms with Crippen LogP contribution in [0.2, 0.25) is 0 Å². The summed E-state index contributed by atoms with van der Waals surface area (Å²) in [4.78, 5) is 11.3. The molecule has 0 radical (unpaired) electrons. The van der Waals surface area contributed by atoms with Crippen molar-refractivity contribution in [3.63, 3.8) is 0 Å². The quantitative estimate of drug-likeness (QED) is 0.359. The second kappa shape index (κ2) is 10.9. The molecule has 224 valence electrons. The molecule has 0 amide bonds. The van der Waals surface area contributed by atoms with Crippen molar-refractivity contribution in [2.75, 3.05) is 38.3 Å². The Labute approximate surface area is 249 Å². The average Bonchev–Trinajstić information content (AvgIpc) is 3.54. The van der Waals surface area contributed by atoms with E-state index in [4.69, 9.17) is 19.9 Å². The van der Waals surface area contributed by atoms with Crippen LogP contribution in [0.3, 0.4) is 0 Å². The molecule has 8 nitrogen and oxygen atoms in total. The van der Waals surface area contributed by atoms with E-state index in [9.17, 15) is 4.39 Å². The summed E-state index contributed by atoms with van der Waals surface area (Å²) in [6.07, 6.45) is 11.1. The van der Waals surface area contributed by atoms with Crippen molar-refractivity contribution in [2.45, 2.75) is 51.2 Å². The van der Waals surface area contributed by atoms with Crippen LogP contribution in [0.25, 0.3) is 11.0 Å². The zero-order valence-electron chi connectivity index (χ0n) is 24.5. The van der Waals surface area contributed by atoms with E-state index in [1.807, 2.05) is 4.90 Å². The summed E-state index contributed by atoms with van der Waals surface area (Å²) in [6.45, 7) is 5.07. The Bertz CT molecular complexity index is 1680. The topological polar surface area (TPSA) is 88.3 Å². The van der Waals surface area contributed by atoms with Gasteiger partial charge in [0.2, 0.25) is 0 Å². The predicted molar refractivity (Wildman–Crippen MR) is 162 cm³/mol. The lowest BCUT2D eigenvalue weighted by Crippen LogP contribution is -2.36. The van der Waals surface area contributed by atoms with Gasteiger partial charge < -0.3 is 29.7 Å². The first-order valence-electron chi connectivity index (χ1n) is 15.0. The van der Waals surface area contributed by atoms with Crippen LogP contribution in [-0.2, 0) is 11.3 Å². The van der Waals surface area contributed by atoms with Gasteiger partial charge in [-0.15, -0.1) is 0 Å². The van der Waals surface area contributed by atoms with E-state index in [2.05, 4.69) is 40.0 Å². The van der Waals surface area contributed by atoms with Crippen LogP contribution in [0.1, 0.15) is 43.0 Å². The van der Waals surface area contributed by atoms with Crippen LogP contribution >= 0.6 is 0 Å². The standard InChI is InChI=1S/C33H36F2N6O2/c1-20-3-6-28-29(13-20)41(18-23-7-12-42-23)30(38-28)24-16-33(24)8-10-40(11-9-33)31-25(34)15-26(35)32(39-31)43-19-21-4-5-27(36)22(14-21)17-37-2/h3-6,13-15,17,23-24,36-37H,7-12,16,18-19H2,1-2H3/b22-17-,36-27?. The highest BCUT2D eigenvalue weighted by Gasteiger charge is 2.57. The van der Waals surface area contributed by atoms with E-state index in [1.54, 1.807) is 31.5 Å². The Morgan fingerprint density at radius 3 is 2.72 bits per heavy atom. The van der Waals surface area contributed by atoms with Gasteiger partial charge in [-0.2, -0.15) is 4.98 Å². The molecule has 0 bridgehead atoms. The van der Waals surface area contributed by atoms with Crippen LogP contribution in [0, 0.1) is 29.4 Å². The van der Waals surface area contributed by atoms with E-state index >= 15 is 4.39 Å². The number of ether oxygens (including phenoxy) is 2. The van der Waals surface area contributed by atoms with Gasteiger partial charge in [0.25, 0.3) is 5.88 Å². The number of nitrogens with zero attached hydrogens (tertiary/aromatic N) is 4. The number of benzene rings is 1. The van der Waals surface area contributed by atoms with Gasteiger partial charge >= 0.3 is 0 Å². The summed E-state index contributed by atoms with van der Waals surface area (Å²) in [6, 6.07) is 7.30. The highest BCUT2D eigenvalue weighted by atomic mass is 19.1. The molecule has 1 saturated carbocycles. The zero-order chi connectivity index (χ0) is 29.7. The lowest BCUT2D eigenvalue weighted by Gasteiger charge is -2.34. The number of rotatable bonds is 8. The number of aryl methyl sites for hydroxylation is 1. The lowest BCUT2D eigenvalue weighted by atomic mass is 9.90. The van der Waals surface area contributed by atoms with Crippen LogP contribution in [-0.4, -0.2) is 59.7 Å². The maximum absolute atomic E-state index is 15.0.